The van der Waals surface area contributed by atoms with E-state index in [9.17, 15) is 9.18 Å². The Labute approximate surface area is 104 Å². The van der Waals surface area contributed by atoms with Gasteiger partial charge in [-0.3, -0.25) is 4.79 Å². The quantitative estimate of drug-likeness (QED) is 0.831. The normalized spacial score (nSPS) is 12.2. The second kappa shape index (κ2) is 6.06. The maximum absolute atomic E-state index is 13.3. The fourth-order valence-electron chi connectivity index (χ4n) is 1.11. The molecule has 0 aliphatic carbocycles. The summed E-state index contributed by atoms with van der Waals surface area (Å²) in [6, 6.07) is 3.85. The van der Waals surface area contributed by atoms with Crippen molar-refractivity contribution in [1.29, 1.82) is 0 Å². The minimum Gasteiger partial charge on any atom is -0.350 e. The van der Waals surface area contributed by atoms with Gasteiger partial charge in [-0.2, -0.15) is 0 Å². The lowest BCUT2D eigenvalue weighted by Crippen LogP contribution is -2.30. The highest BCUT2D eigenvalue weighted by Crippen LogP contribution is 2.14. The first-order valence-electron chi connectivity index (χ1n) is 4.92. The van der Waals surface area contributed by atoms with Crippen LogP contribution >= 0.6 is 23.2 Å². The molecule has 1 N–H and O–H groups in total. The highest BCUT2D eigenvalue weighted by atomic mass is 35.5. The van der Waals surface area contributed by atoms with Crippen LogP contribution in [0.25, 0.3) is 0 Å². The molecule has 0 spiro atoms. The van der Waals surface area contributed by atoms with Gasteiger partial charge in [0.15, 0.2) is 0 Å². The van der Waals surface area contributed by atoms with Gasteiger partial charge in [0, 0.05) is 11.6 Å². The van der Waals surface area contributed by atoms with E-state index < -0.39 is 11.7 Å². The van der Waals surface area contributed by atoms with Crippen LogP contribution in [0.15, 0.2) is 18.2 Å². The van der Waals surface area contributed by atoms with Crippen LogP contribution in [0.4, 0.5) is 4.39 Å². The molecule has 0 aliphatic heterocycles. The Kier molecular flexibility index (Phi) is 5.03. The van der Waals surface area contributed by atoms with Gasteiger partial charge in [0.25, 0.3) is 5.91 Å². The molecular formula is C11H12Cl2FNO. The Morgan fingerprint density at radius 1 is 1.56 bits per heavy atom. The summed E-state index contributed by atoms with van der Waals surface area (Å²) in [5.74, 6) is -1.09. The van der Waals surface area contributed by atoms with Gasteiger partial charge in [-0.1, -0.05) is 18.5 Å². The van der Waals surface area contributed by atoms with E-state index in [-0.39, 0.29) is 10.9 Å². The molecule has 0 fully saturated rings. The van der Waals surface area contributed by atoms with Crippen LogP contribution < -0.4 is 5.32 Å². The second-order valence-corrected chi connectivity index (χ2v) is 4.39. The zero-order chi connectivity index (χ0) is 12.1. The summed E-state index contributed by atoms with van der Waals surface area (Å²) in [6.45, 7) is 2.21. The van der Waals surface area contributed by atoms with Crippen molar-refractivity contribution in [2.75, 3.05) is 6.54 Å². The molecule has 0 radical (unpaired) electrons. The van der Waals surface area contributed by atoms with Crippen LogP contribution in [0.1, 0.15) is 23.7 Å². The number of amides is 1. The van der Waals surface area contributed by atoms with Gasteiger partial charge in [0.05, 0.1) is 10.9 Å². The van der Waals surface area contributed by atoms with E-state index in [0.717, 1.165) is 12.5 Å². The van der Waals surface area contributed by atoms with Crippen molar-refractivity contribution in [2.24, 2.45) is 0 Å². The number of benzene rings is 1. The fourth-order valence-corrected chi connectivity index (χ4v) is 1.36. The highest BCUT2D eigenvalue weighted by molar-refractivity contribution is 6.31. The molecule has 1 aromatic carbocycles. The number of carbonyl (C=O) groups is 1. The van der Waals surface area contributed by atoms with Crippen molar-refractivity contribution in [1.82, 2.24) is 5.32 Å². The molecule has 0 aromatic heterocycles. The number of hydrogen-bond donors (Lipinski definition) is 1. The van der Waals surface area contributed by atoms with Gasteiger partial charge in [0.1, 0.15) is 5.82 Å². The van der Waals surface area contributed by atoms with E-state index in [4.69, 9.17) is 23.2 Å². The average molecular weight is 264 g/mol. The van der Waals surface area contributed by atoms with Crippen molar-refractivity contribution in [3.8, 4) is 0 Å². The van der Waals surface area contributed by atoms with E-state index in [1.54, 1.807) is 0 Å². The van der Waals surface area contributed by atoms with Gasteiger partial charge in [-0.15, -0.1) is 11.6 Å². The van der Waals surface area contributed by atoms with Crippen LogP contribution in [-0.4, -0.2) is 17.8 Å². The zero-order valence-electron chi connectivity index (χ0n) is 8.77. The maximum Gasteiger partial charge on any atom is 0.254 e. The van der Waals surface area contributed by atoms with Crippen LogP contribution in [0.2, 0.25) is 5.02 Å². The first-order chi connectivity index (χ1) is 7.54. The van der Waals surface area contributed by atoms with Crippen molar-refractivity contribution >= 4 is 29.1 Å². The maximum atomic E-state index is 13.3. The van der Waals surface area contributed by atoms with Gasteiger partial charge in [-0.25, -0.2) is 4.39 Å². The Morgan fingerprint density at radius 2 is 2.25 bits per heavy atom. The fraction of sp³-hybridized carbons (Fsp3) is 0.364. The van der Waals surface area contributed by atoms with Gasteiger partial charge in [-0.05, 0) is 24.6 Å². The molecule has 1 unspecified atom stereocenters. The molecule has 1 atom stereocenters. The van der Waals surface area contributed by atoms with E-state index in [1.807, 2.05) is 6.92 Å². The number of halogens is 3. The minimum atomic E-state index is -0.593. The molecule has 0 saturated heterocycles. The predicted molar refractivity (Wildman–Crippen MR) is 63.7 cm³/mol. The third kappa shape index (κ3) is 3.65. The Balaban J connectivity index is 2.69. The van der Waals surface area contributed by atoms with Gasteiger partial charge >= 0.3 is 0 Å². The van der Waals surface area contributed by atoms with Crippen LogP contribution in [-0.2, 0) is 0 Å². The lowest BCUT2D eigenvalue weighted by molar-refractivity contribution is 0.0949. The monoisotopic (exact) mass is 263 g/mol. The minimum absolute atomic E-state index is 0.0625. The van der Waals surface area contributed by atoms with Crippen LogP contribution in [0.3, 0.4) is 0 Å². The standard InChI is InChI=1S/C11H12Cl2FNO/c1-2-7(12)6-15-11(16)9-5-8(13)3-4-10(9)14/h3-5,7H,2,6H2,1H3,(H,15,16). The summed E-state index contributed by atoms with van der Waals surface area (Å²) < 4.78 is 13.3. The van der Waals surface area contributed by atoms with Gasteiger partial charge < -0.3 is 5.32 Å². The molecule has 0 saturated carbocycles. The lowest BCUT2D eigenvalue weighted by Gasteiger charge is -2.09. The van der Waals surface area contributed by atoms with E-state index in [0.29, 0.717) is 11.6 Å². The molecular weight excluding hydrogens is 252 g/mol. The van der Waals surface area contributed by atoms with Crippen LogP contribution in [0, 0.1) is 5.82 Å². The van der Waals surface area contributed by atoms with Crippen molar-refractivity contribution in [2.45, 2.75) is 18.7 Å². The molecule has 0 heterocycles. The third-order valence-corrected chi connectivity index (χ3v) is 2.80. The van der Waals surface area contributed by atoms with E-state index in [2.05, 4.69) is 5.32 Å². The summed E-state index contributed by atoms with van der Waals surface area (Å²) in [5.41, 5.74) is -0.0625. The molecule has 0 aliphatic rings. The number of hydrogen-bond acceptors (Lipinski definition) is 1. The van der Waals surface area contributed by atoms with Crippen molar-refractivity contribution < 1.29 is 9.18 Å². The Bertz CT molecular complexity index is 384. The highest BCUT2D eigenvalue weighted by Gasteiger charge is 2.12. The molecule has 1 rings (SSSR count). The number of carbonyl (C=O) groups excluding carboxylic acids is 1. The smallest absolute Gasteiger partial charge is 0.254 e. The topological polar surface area (TPSA) is 29.1 Å². The summed E-state index contributed by atoms with van der Waals surface area (Å²) in [4.78, 5) is 11.6. The lowest BCUT2D eigenvalue weighted by atomic mass is 10.2. The molecule has 88 valence electrons. The first kappa shape index (κ1) is 13.3. The molecule has 1 amide bonds. The number of alkyl halides is 1. The zero-order valence-corrected chi connectivity index (χ0v) is 10.3. The van der Waals surface area contributed by atoms with Gasteiger partial charge in [0.2, 0.25) is 0 Å². The van der Waals surface area contributed by atoms with Crippen molar-refractivity contribution in [3.05, 3.63) is 34.6 Å². The summed E-state index contributed by atoms with van der Waals surface area (Å²) in [5, 5.41) is 2.72. The molecule has 0 bridgehead atoms. The third-order valence-electron chi connectivity index (χ3n) is 2.10. The number of rotatable bonds is 4. The average Bonchev–Trinajstić information content (AvgIpc) is 2.28. The Hall–Kier alpha value is -0.800. The predicted octanol–water partition coefficient (Wildman–Crippen LogP) is 3.23. The SMILES string of the molecule is CCC(Cl)CNC(=O)c1cc(Cl)ccc1F. The molecule has 16 heavy (non-hydrogen) atoms. The summed E-state index contributed by atoms with van der Waals surface area (Å²) in [6.07, 6.45) is 0.736. The second-order valence-electron chi connectivity index (χ2n) is 3.34. The first-order valence-corrected chi connectivity index (χ1v) is 5.73. The molecule has 5 heteroatoms. The summed E-state index contributed by atoms with van der Waals surface area (Å²) in [7, 11) is 0. The Morgan fingerprint density at radius 3 is 2.88 bits per heavy atom. The molecule has 1 aromatic rings. The molecule has 2 nitrogen and oxygen atoms in total. The summed E-state index contributed by atoms with van der Waals surface area (Å²) >= 11 is 11.5. The van der Waals surface area contributed by atoms with E-state index >= 15 is 0 Å². The van der Waals surface area contributed by atoms with Crippen LogP contribution in [0.5, 0.6) is 0 Å². The van der Waals surface area contributed by atoms with E-state index in [1.165, 1.54) is 12.1 Å². The number of nitrogens with one attached hydrogen (secondary N) is 1. The largest absolute Gasteiger partial charge is 0.350 e. The van der Waals surface area contributed by atoms with Crippen molar-refractivity contribution in [3.63, 3.8) is 0 Å².